The van der Waals surface area contributed by atoms with Crippen molar-refractivity contribution in [2.45, 2.75) is 26.8 Å². The van der Waals surface area contributed by atoms with Crippen LogP contribution < -0.4 is 11.1 Å². The zero-order valence-electron chi connectivity index (χ0n) is 9.24. The van der Waals surface area contributed by atoms with E-state index in [4.69, 9.17) is 5.73 Å². The topological polar surface area (TPSA) is 93.8 Å². The molecule has 0 fully saturated rings. The van der Waals surface area contributed by atoms with E-state index in [1.54, 1.807) is 20.8 Å². The third-order valence-corrected chi connectivity index (χ3v) is 1.49. The molecule has 0 unspecified atom stereocenters. The minimum Gasteiger partial charge on any atom is -0.465 e. The monoisotopic (exact) mass is 215 g/mol. The number of ether oxygens (including phenoxy) is 1. The maximum atomic E-state index is 11.3. The number of carbonyl (C=O) groups excluding carboxylic acids is 2. The van der Waals surface area contributed by atoms with Crippen LogP contribution in [0.25, 0.3) is 0 Å². The molecular formula is C9H17N3O3. The van der Waals surface area contributed by atoms with Gasteiger partial charge in [-0.15, -0.1) is 0 Å². The number of esters is 1. The molecule has 1 atom stereocenters. The molecule has 0 bridgehead atoms. The Bertz CT molecular complexity index is 259. The number of amides is 1. The molecule has 0 saturated heterocycles. The molecule has 0 aromatic heterocycles. The summed E-state index contributed by atoms with van der Waals surface area (Å²) in [6.45, 7) is 5.04. The highest BCUT2D eigenvalue weighted by molar-refractivity contribution is 5.88. The van der Waals surface area contributed by atoms with Crippen molar-refractivity contribution < 1.29 is 14.3 Å². The average Bonchev–Trinajstić information content (AvgIpc) is 2.13. The van der Waals surface area contributed by atoms with Crippen LogP contribution in [0, 0.1) is 0 Å². The Kier molecular flexibility index (Phi) is 6.08. The number of nitrogens with one attached hydrogen (secondary N) is 1. The summed E-state index contributed by atoms with van der Waals surface area (Å²) in [5, 5.41) is 2.40. The van der Waals surface area contributed by atoms with Crippen molar-refractivity contribution in [1.82, 2.24) is 5.32 Å². The minimum atomic E-state index is -0.593. The SMILES string of the molecule is CCOC(=O)CNC(=O)[C@@H](C)N=C(C)N. The van der Waals surface area contributed by atoms with E-state index in [-0.39, 0.29) is 12.5 Å². The second kappa shape index (κ2) is 6.80. The van der Waals surface area contributed by atoms with E-state index in [1.807, 2.05) is 0 Å². The van der Waals surface area contributed by atoms with Crippen LogP contribution in [0.4, 0.5) is 0 Å². The molecule has 0 aromatic carbocycles. The Balaban J connectivity index is 3.93. The van der Waals surface area contributed by atoms with Crippen LogP contribution >= 0.6 is 0 Å². The zero-order chi connectivity index (χ0) is 11.8. The lowest BCUT2D eigenvalue weighted by Crippen LogP contribution is -2.36. The van der Waals surface area contributed by atoms with Crippen LogP contribution in [0.3, 0.4) is 0 Å². The summed E-state index contributed by atoms with van der Waals surface area (Å²) in [5.74, 6) is -0.492. The van der Waals surface area contributed by atoms with Crippen molar-refractivity contribution in [1.29, 1.82) is 0 Å². The second-order valence-electron chi connectivity index (χ2n) is 2.97. The van der Waals surface area contributed by atoms with Gasteiger partial charge in [0.15, 0.2) is 0 Å². The summed E-state index contributed by atoms with van der Waals surface area (Å²) in [5.41, 5.74) is 5.31. The number of carbonyl (C=O) groups is 2. The van der Waals surface area contributed by atoms with Crippen molar-refractivity contribution in [3.63, 3.8) is 0 Å². The van der Waals surface area contributed by atoms with Gasteiger partial charge in [-0.2, -0.15) is 0 Å². The summed E-state index contributed by atoms with van der Waals surface area (Å²) >= 11 is 0. The molecule has 6 nitrogen and oxygen atoms in total. The molecule has 0 rings (SSSR count). The number of rotatable bonds is 5. The predicted octanol–water partition coefficient (Wildman–Crippen LogP) is -0.569. The Morgan fingerprint density at radius 3 is 2.60 bits per heavy atom. The first kappa shape index (κ1) is 13.4. The molecule has 0 aliphatic rings. The number of hydrogen-bond donors (Lipinski definition) is 2. The van der Waals surface area contributed by atoms with E-state index < -0.39 is 12.0 Å². The number of nitrogens with zero attached hydrogens (tertiary/aromatic N) is 1. The van der Waals surface area contributed by atoms with E-state index >= 15 is 0 Å². The predicted molar refractivity (Wildman–Crippen MR) is 56.4 cm³/mol. The van der Waals surface area contributed by atoms with Crippen molar-refractivity contribution in [3.05, 3.63) is 0 Å². The molecule has 86 valence electrons. The van der Waals surface area contributed by atoms with Gasteiger partial charge < -0.3 is 15.8 Å². The standard InChI is InChI=1S/C9H17N3O3/c1-4-15-8(13)5-11-9(14)6(2)12-7(3)10/h6H,4-5H2,1-3H3,(H2,10,12)(H,11,14)/t6-/m1/s1. The summed E-state index contributed by atoms with van der Waals surface area (Å²) in [6.07, 6.45) is 0. The molecule has 0 aliphatic carbocycles. The molecule has 0 aromatic rings. The average molecular weight is 215 g/mol. The van der Waals surface area contributed by atoms with Gasteiger partial charge in [0.05, 0.1) is 12.4 Å². The Morgan fingerprint density at radius 2 is 2.13 bits per heavy atom. The van der Waals surface area contributed by atoms with Crippen molar-refractivity contribution >= 4 is 17.7 Å². The fourth-order valence-corrected chi connectivity index (χ4v) is 0.883. The van der Waals surface area contributed by atoms with E-state index in [9.17, 15) is 9.59 Å². The van der Waals surface area contributed by atoms with Crippen LogP contribution in [-0.4, -0.2) is 36.9 Å². The van der Waals surface area contributed by atoms with E-state index in [2.05, 4.69) is 15.0 Å². The maximum absolute atomic E-state index is 11.3. The molecular weight excluding hydrogens is 198 g/mol. The van der Waals surface area contributed by atoms with Gasteiger partial charge in [0.1, 0.15) is 12.6 Å². The maximum Gasteiger partial charge on any atom is 0.325 e. The first-order chi connectivity index (χ1) is 6.97. The lowest BCUT2D eigenvalue weighted by atomic mass is 10.3. The Hall–Kier alpha value is -1.59. The van der Waals surface area contributed by atoms with Gasteiger partial charge in [-0.05, 0) is 20.8 Å². The molecule has 1 amide bonds. The third kappa shape index (κ3) is 6.48. The normalized spacial score (nSPS) is 13.1. The Morgan fingerprint density at radius 1 is 1.53 bits per heavy atom. The van der Waals surface area contributed by atoms with E-state index in [0.717, 1.165) is 0 Å². The van der Waals surface area contributed by atoms with Crippen LogP contribution in [0.5, 0.6) is 0 Å². The number of amidine groups is 1. The summed E-state index contributed by atoms with van der Waals surface area (Å²) < 4.78 is 4.64. The van der Waals surface area contributed by atoms with Gasteiger partial charge in [-0.3, -0.25) is 14.6 Å². The molecule has 0 aliphatic heterocycles. The van der Waals surface area contributed by atoms with Crippen LogP contribution in [-0.2, 0) is 14.3 Å². The largest absolute Gasteiger partial charge is 0.465 e. The molecule has 3 N–H and O–H groups in total. The zero-order valence-corrected chi connectivity index (χ0v) is 9.24. The van der Waals surface area contributed by atoms with Crippen LogP contribution in [0.15, 0.2) is 4.99 Å². The van der Waals surface area contributed by atoms with Crippen LogP contribution in [0.2, 0.25) is 0 Å². The molecule has 0 saturated carbocycles. The van der Waals surface area contributed by atoms with Crippen molar-refractivity contribution in [2.24, 2.45) is 10.7 Å². The first-order valence-electron chi connectivity index (χ1n) is 4.70. The third-order valence-electron chi connectivity index (χ3n) is 1.49. The summed E-state index contributed by atoms with van der Waals surface area (Å²) in [7, 11) is 0. The first-order valence-corrected chi connectivity index (χ1v) is 4.70. The molecule has 0 heterocycles. The van der Waals surface area contributed by atoms with Gasteiger partial charge in [-0.25, -0.2) is 0 Å². The van der Waals surface area contributed by atoms with Gasteiger partial charge in [0.25, 0.3) is 0 Å². The van der Waals surface area contributed by atoms with E-state index in [1.165, 1.54) is 0 Å². The Labute approximate surface area is 88.9 Å². The highest BCUT2D eigenvalue weighted by atomic mass is 16.5. The number of hydrogen-bond acceptors (Lipinski definition) is 4. The van der Waals surface area contributed by atoms with E-state index in [0.29, 0.717) is 12.4 Å². The van der Waals surface area contributed by atoms with Gasteiger partial charge in [-0.1, -0.05) is 0 Å². The number of nitrogens with two attached hydrogens (primary N) is 1. The molecule has 15 heavy (non-hydrogen) atoms. The summed E-state index contributed by atoms with van der Waals surface area (Å²) in [4.78, 5) is 26.0. The van der Waals surface area contributed by atoms with Gasteiger partial charge >= 0.3 is 5.97 Å². The molecule has 0 spiro atoms. The fraction of sp³-hybridized carbons (Fsp3) is 0.667. The van der Waals surface area contributed by atoms with Crippen molar-refractivity contribution in [2.75, 3.05) is 13.2 Å². The van der Waals surface area contributed by atoms with Gasteiger partial charge in [0.2, 0.25) is 5.91 Å². The lowest BCUT2D eigenvalue weighted by Gasteiger charge is -2.08. The van der Waals surface area contributed by atoms with Crippen molar-refractivity contribution in [3.8, 4) is 0 Å². The smallest absolute Gasteiger partial charge is 0.325 e. The molecule has 6 heteroatoms. The number of aliphatic imine (C=N–C) groups is 1. The molecule has 0 radical (unpaired) electrons. The minimum absolute atomic E-state index is 0.143. The highest BCUT2D eigenvalue weighted by Crippen LogP contribution is 1.89. The van der Waals surface area contributed by atoms with Gasteiger partial charge in [0, 0.05) is 0 Å². The highest BCUT2D eigenvalue weighted by Gasteiger charge is 2.12. The fourth-order valence-electron chi connectivity index (χ4n) is 0.883. The lowest BCUT2D eigenvalue weighted by molar-refractivity contribution is -0.143. The van der Waals surface area contributed by atoms with Crippen LogP contribution in [0.1, 0.15) is 20.8 Å². The summed E-state index contributed by atoms with van der Waals surface area (Å²) in [6, 6.07) is -0.593. The quantitative estimate of drug-likeness (QED) is 0.365. The second-order valence-corrected chi connectivity index (χ2v) is 2.97.